The summed E-state index contributed by atoms with van der Waals surface area (Å²) in [4.78, 5) is 18.3. The van der Waals surface area contributed by atoms with E-state index in [-0.39, 0.29) is 11.9 Å². The predicted octanol–water partition coefficient (Wildman–Crippen LogP) is 6.06. The maximum absolute atomic E-state index is 14.2. The Hall–Kier alpha value is -4.25. The first-order chi connectivity index (χ1) is 18.3. The van der Waals surface area contributed by atoms with Gasteiger partial charge in [-0.05, 0) is 65.6 Å². The first-order valence-electron chi connectivity index (χ1n) is 12.8. The van der Waals surface area contributed by atoms with Gasteiger partial charge in [0.2, 0.25) is 0 Å². The number of anilines is 2. The van der Waals surface area contributed by atoms with Crippen molar-refractivity contribution in [3.05, 3.63) is 119 Å². The minimum Gasteiger partial charge on any atom is -0.497 e. The highest BCUT2D eigenvalue weighted by Crippen LogP contribution is 2.53. The lowest BCUT2D eigenvalue weighted by atomic mass is 9.63. The average Bonchev–Trinajstić information content (AvgIpc) is 3.21. The number of ether oxygens (including phenoxy) is 2. The van der Waals surface area contributed by atoms with Crippen LogP contribution in [0.15, 0.2) is 97.1 Å². The van der Waals surface area contributed by atoms with E-state index in [9.17, 15) is 4.79 Å². The molecule has 4 aromatic carbocycles. The lowest BCUT2D eigenvalue weighted by Crippen LogP contribution is -2.42. The van der Waals surface area contributed by atoms with E-state index in [1.165, 1.54) is 0 Å². The Morgan fingerprint density at radius 2 is 1.26 bits per heavy atom. The van der Waals surface area contributed by atoms with Gasteiger partial charge in [0.1, 0.15) is 16.9 Å². The van der Waals surface area contributed by atoms with Gasteiger partial charge < -0.3 is 19.3 Å². The summed E-state index contributed by atoms with van der Waals surface area (Å²) < 4.78 is 11.4. The van der Waals surface area contributed by atoms with E-state index in [2.05, 4.69) is 58.3 Å². The second kappa shape index (κ2) is 10.3. The number of hydrogen-bond donors (Lipinski definition) is 0. The van der Waals surface area contributed by atoms with Crippen LogP contribution >= 0.6 is 0 Å². The molecule has 1 aliphatic rings. The van der Waals surface area contributed by atoms with E-state index >= 15 is 0 Å². The third kappa shape index (κ3) is 4.49. The van der Waals surface area contributed by atoms with Gasteiger partial charge in [-0.25, -0.2) is 0 Å². The average molecular weight is 507 g/mol. The lowest BCUT2D eigenvalue weighted by molar-refractivity contribution is -0.138. The van der Waals surface area contributed by atoms with Crippen LogP contribution in [0.25, 0.3) is 0 Å². The molecule has 0 aliphatic carbocycles. The van der Waals surface area contributed by atoms with Crippen LogP contribution in [0.4, 0.5) is 11.4 Å². The SMILES string of the molecule is COc1ccc(C[C@@]2(C(c3ccc(N(C)C)cc3)c3ccc(N(C)C)cc3)C(=O)Oc3ccccc32)cc1. The molecule has 5 rings (SSSR count). The Balaban J connectivity index is 1.74. The van der Waals surface area contributed by atoms with E-state index in [0.717, 1.165) is 39.4 Å². The largest absolute Gasteiger partial charge is 0.497 e. The van der Waals surface area contributed by atoms with Gasteiger partial charge in [-0.15, -0.1) is 0 Å². The highest BCUT2D eigenvalue weighted by Gasteiger charge is 2.55. The van der Waals surface area contributed by atoms with Gasteiger partial charge >= 0.3 is 5.97 Å². The first kappa shape index (κ1) is 25.4. The Labute approximate surface area is 225 Å². The molecule has 1 heterocycles. The molecule has 5 heteroatoms. The molecule has 0 radical (unpaired) electrons. The van der Waals surface area contributed by atoms with Crippen LogP contribution in [0.3, 0.4) is 0 Å². The van der Waals surface area contributed by atoms with E-state index < -0.39 is 5.41 Å². The summed E-state index contributed by atoms with van der Waals surface area (Å²) in [5.41, 5.74) is 5.34. The summed E-state index contributed by atoms with van der Waals surface area (Å²) in [5, 5.41) is 0. The summed E-state index contributed by atoms with van der Waals surface area (Å²) >= 11 is 0. The van der Waals surface area contributed by atoms with Crippen LogP contribution < -0.4 is 19.3 Å². The molecule has 0 spiro atoms. The highest BCUT2D eigenvalue weighted by molar-refractivity contribution is 5.93. The minimum atomic E-state index is -0.954. The number of esters is 1. The number of carbonyl (C=O) groups excluding carboxylic acids is 1. The molecule has 0 saturated heterocycles. The molecule has 0 N–H and O–H groups in total. The minimum absolute atomic E-state index is 0.229. The smallest absolute Gasteiger partial charge is 0.323 e. The van der Waals surface area contributed by atoms with Gasteiger partial charge in [0.05, 0.1) is 7.11 Å². The van der Waals surface area contributed by atoms with Crippen LogP contribution in [-0.2, 0) is 16.6 Å². The monoisotopic (exact) mass is 506 g/mol. The second-order valence-electron chi connectivity index (χ2n) is 10.3. The van der Waals surface area contributed by atoms with Crippen LogP contribution in [0.5, 0.6) is 11.5 Å². The number of fused-ring (bicyclic) bond motifs is 1. The molecule has 0 amide bonds. The Kier molecular flexibility index (Phi) is 6.85. The fraction of sp³-hybridized carbons (Fsp3) is 0.242. The molecular formula is C33H34N2O3. The highest BCUT2D eigenvalue weighted by atomic mass is 16.5. The van der Waals surface area contributed by atoms with Crippen molar-refractivity contribution >= 4 is 17.3 Å². The van der Waals surface area contributed by atoms with Gasteiger partial charge in [0.15, 0.2) is 0 Å². The van der Waals surface area contributed by atoms with Crippen molar-refractivity contribution in [2.75, 3.05) is 45.1 Å². The van der Waals surface area contributed by atoms with Crippen molar-refractivity contribution in [3.63, 3.8) is 0 Å². The van der Waals surface area contributed by atoms with Crippen LogP contribution in [0.2, 0.25) is 0 Å². The van der Waals surface area contributed by atoms with Crippen molar-refractivity contribution < 1.29 is 14.3 Å². The normalized spacial score (nSPS) is 16.2. The van der Waals surface area contributed by atoms with E-state index in [1.807, 2.05) is 76.7 Å². The topological polar surface area (TPSA) is 42.0 Å². The van der Waals surface area contributed by atoms with Crippen molar-refractivity contribution in [2.24, 2.45) is 0 Å². The maximum Gasteiger partial charge on any atom is 0.323 e. The standard InChI is InChI=1S/C33H34N2O3/c1-34(2)26-16-12-24(13-17-26)31(25-14-18-27(19-15-25)35(3)4)33(22-23-10-20-28(37-5)21-11-23)29-8-6-7-9-30(29)38-32(33)36/h6-21,31H,22H2,1-5H3/t33-/m1/s1. The molecule has 0 fully saturated rings. The number of nitrogens with zero attached hydrogens (tertiary/aromatic N) is 2. The molecule has 0 unspecified atom stereocenters. The molecule has 1 aliphatic heterocycles. The second-order valence-corrected chi connectivity index (χ2v) is 10.3. The Bertz CT molecular complexity index is 1360. The molecule has 0 aromatic heterocycles. The van der Waals surface area contributed by atoms with Crippen molar-refractivity contribution in [1.82, 2.24) is 0 Å². The summed E-state index contributed by atoms with van der Waals surface area (Å²) in [6.07, 6.45) is 0.488. The fourth-order valence-electron chi connectivity index (χ4n) is 5.52. The first-order valence-corrected chi connectivity index (χ1v) is 12.8. The zero-order valence-corrected chi connectivity index (χ0v) is 22.6. The van der Waals surface area contributed by atoms with Crippen molar-refractivity contribution in [1.29, 1.82) is 0 Å². The van der Waals surface area contributed by atoms with E-state index in [4.69, 9.17) is 9.47 Å². The zero-order valence-electron chi connectivity index (χ0n) is 22.6. The number of rotatable bonds is 8. The van der Waals surface area contributed by atoms with E-state index in [1.54, 1.807) is 7.11 Å². The number of para-hydroxylation sites is 1. The lowest BCUT2D eigenvalue weighted by Gasteiger charge is -2.36. The van der Waals surface area contributed by atoms with Gasteiger partial charge in [0, 0.05) is 51.0 Å². The van der Waals surface area contributed by atoms with Gasteiger partial charge in [-0.3, -0.25) is 4.79 Å². The fourth-order valence-corrected chi connectivity index (χ4v) is 5.52. The predicted molar refractivity (Wildman–Crippen MR) is 154 cm³/mol. The summed E-state index contributed by atoms with van der Waals surface area (Å²) in [6, 6.07) is 32.8. The van der Waals surface area contributed by atoms with Crippen molar-refractivity contribution in [3.8, 4) is 11.5 Å². The molecule has 4 aromatic rings. The van der Waals surface area contributed by atoms with Crippen LogP contribution in [0.1, 0.15) is 28.2 Å². The molecule has 38 heavy (non-hydrogen) atoms. The number of hydrogen-bond acceptors (Lipinski definition) is 5. The maximum atomic E-state index is 14.2. The molecule has 5 nitrogen and oxygen atoms in total. The molecule has 0 saturated carbocycles. The molecule has 0 bridgehead atoms. The Morgan fingerprint density at radius 1 is 0.737 bits per heavy atom. The summed E-state index contributed by atoms with van der Waals surface area (Å²) in [6.45, 7) is 0. The summed E-state index contributed by atoms with van der Waals surface area (Å²) in [5.74, 6) is 0.916. The number of methoxy groups -OCH3 is 1. The molecule has 1 atom stereocenters. The van der Waals surface area contributed by atoms with Crippen molar-refractivity contribution in [2.45, 2.75) is 17.8 Å². The van der Waals surface area contributed by atoms with E-state index in [0.29, 0.717) is 12.2 Å². The third-order valence-electron chi connectivity index (χ3n) is 7.56. The number of carbonyl (C=O) groups is 1. The number of benzene rings is 4. The van der Waals surface area contributed by atoms with Crippen LogP contribution in [0, 0.1) is 0 Å². The van der Waals surface area contributed by atoms with Gasteiger partial charge in [-0.1, -0.05) is 54.6 Å². The molecular weight excluding hydrogens is 472 g/mol. The Morgan fingerprint density at radius 3 is 1.76 bits per heavy atom. The van der Waals surface area contributed by atoms with Gasteiger partial charge in [-0.2, -0.15) is 0 Å². The quantitative estimate of drug-likeness (QED) is 0.215. The summed E-state index contributed by atoms with van der Waals surface area (Å²) in [7, 11) is 9.78. The third-order valence-corrected chi connectivity index (χ3v) is 7.56. The zero-order chi connectivity index (χ0) is 26.9. The van der Waals surface area contributed by atoms with Gasteiger partial charge in [0.25, 0.3) is 0 Å². The van der Waals surface area contributed by atoms with Crippen LogP contribution in [-0.4, -0.2) is 41.3 Å². The molecule has 194 valence electrons.